The Balaban J connectivity index is 0.00000242. The summed E-state index contributed by atoms with van der Waals surface area (Å²) in [5, 5.41) is 9.38. The molecule has 0 spiro atoms. The number of nitrogens with zero attached hydrogens (tertiary/aromatic N) is 1. The van der Waals surface area contributed by atoms with Crippen LogP contribution in [0, 0.1) is 12.8 Å². The van der Waals surface area contributed by atoms with E-state index in [1.165, 1.54) is 19.1 Å². The Morgan fingerprint density at radius 2 is 2.05 bits per heavy atom. The van der Waals surface area contributed by atoms with Crippen molar-refractivity contribution in [3.8, 4) is 0 Å². The van der Waals surface area contributed by atoms with Gasteiger partial charge in [0.25, 0.3) is 5.91 Å². The molecule has 1 heterocycles. The number of amides is 1. The van der Waals surface area contributed by atoms with Gasteiger partial charge in [-0.1, -0.05) is 0 Å². The van der Waals surface area contributed by atoms with Gasteiger partial charge < -0.3 is 20.4 Å². The second-order valence-corrected chi connectivity index (χ2v) is 5.37. The predicted octanol–water partition coefficient (Wildman–Crippen LogP) is 1.90. The standard InChI is InChI=1S/C15H24N4O2.HI/c1-11-6-9-21-13(11)14(20)17-7-3-8-18-15(16-2)19-10-12-4-5-12;/h6,9,12H,3-5,7-8,10H2,1-2H3,(H,17,20)(H2,16,18,19);1H. The molecule has 1 aromatic rings. The van der Waals surface area contributed by atoms with Crippen LogP contribution in [-0.2, 0) is 0 Å². The molecule has 0 bridgehead atoms. The average molecular weight is 420 g/mol. The van der Waals surface area contributed by atoms with Gasteiger partial charge in [-0.25, -0.2) is 0 Å². The largest absolute Gasteiger partial charge is 0.459 e. The van der Waals surface area contributed by atoms with E-state index >= 15 is 0 Å². The lowest BCUT2D eigenvalue weighted by molar-refractivity contribution is 0.0925. The van der Waals surface area contributed by atoms with Gasteiger partial charge in [0.05, 0.1) is 6.26 Å². The summed E-state index contributed by atoms with van der Waals surface area (Å²) in [5.74, 6) is 1.88. The van der Waals surface area contributed by atoms with Crippen LogP contribution in [0.1, 0.15) is 35.4 Å². The number of aliphatic imine (C=N–C) groups is 1. The Labute approximate surface area is 148 Å². The van der Waals surface area contributed by atoms with E-state index in [9.17, 15) is 4.79 Å². The van der Waals surface area contributed by atoms with Crippen molar-refractivity contribution < 1.29 is 9.21 Å². The number of hydrogen-bond donors (Lipinski definition) is 3. The van der Waals surface area contributed by atoms with Gasteiger partial charge in [0.2, 0.25) is 0 Å². The molecule has 0 aromatic carbocycles. The predicted molar refractivity (Wildman–Crippen MR) is 97.9 cm³/mol. The van der Waals surface area contributed by atoms with E-state index in [1.54, 1.807) is 13.1 Å². The van der Waals surface area contributed by atoms with E-state index in [-0.39, 0.29) is 29.9 Å². The highest BCUT2D eigenvalue weighted by Crippen LogP contribution is 2.27. The van der Waals surface area contributed by atoms with Crippen LogP contribution in [0.15, 0.2) is 21.7 Å². The van der Waals surface area contributed by atoms with Crippen molar-refractivity contribution in [1.29, 1.82) is 0 Å². The zero-order valence-electron chi connectivity index (χ0n) is 13.1. The van der Waals surface area contributed by atoms with Crippen molar-refractivity contribution in [2.24, 2.45) is 10.9 Å². The number of guanidine groups is 1. The fraction of sp³-hybridized carbons (Fsp3) is 0.600. The molecule has 22 heavy (non-hydrogen) atoms. The molecule has 1 aliphatic rings. The van der Waals surface area contributed by atoms with Crippen LogP contribution in [0.5, 0.6) is 0 Å². The van der Waals surface area contributed by atoms with E-state index in [2.05, 4.69) is 20.9 Å². The summed E-state index contributed by atoms with van der Waals surface area (Å²) in [4.78, 5) is 16.0. The second kappa shape index (κ2) is 9.70. The number of aryl methyl sites for hydroxylation is 1. The molecule has 6 nitrogen and oxygen atoms in total. The molecule has 7 heteroatoms. The zero-order valence-corrected chi connectivity index (χ0v) is 15.5. The second-order valence-electron chi connectivity index (χ2n) is 5.37. The number of carbonyl (C=O) groups is 1. The summed E-state index contributed by atoms with van der Waals surface area (Å²) in [5.41, 5.74) is 0.857. The van der Waals surface area contributed by atoms with Crippen molar-refractivity contribution in [2.45, 2.75) is 26.2 Å². The quantitative estimate of drug-likeness (QED) is 0.273. The molecule has 0 aliphatic heterocycles. The van der Waals surface area contributed by atoms with Gasteiger partial charge in [-0.15, -0.1) is 24.0 Å². The van der Waals surface area contributed by atoms with Gasteiger partial charge in [-0.2, -0.15) is 0 Å². The van der Waals surface area contributed by atoms with Gasteiger partial charge in [0, 0.05) is 32.2 Å². The van der Waals surface area contributed by atoms with Crippen LogP contribution in [0.25, 0.3) is 0 Å². The van der Waals surface area contributed by atoms with Crippen LogP contribution in [-0.4, -0.2) is 38.5 Å². The van der Waals surface area contributed by atoms with Gasteiger partial charge in [-0.3, -0.25) is 9.79 Å². The molecule has 2 rings (SSSR count). The van der Waals surface area contributed by atoms with Crippen LogP contribution in [0.4, 0.5) is 0 Å². The molecule has 124 valence electrons. The van der Waals surface area contributed by atoms with Crippen molar-refractivity contribution >= 4 is 35.8 Å². The van der Waals surface area contributed by atoms with Crippen LogP contribution < -0.4 is 16.0 Å². The molecule has 0 saturated heterocycles. The fourth-order valence-corrected chi connectivity index (χ4v) is 1.97. The van der Waals surface area contributed by atoms with Crippen LogP contribution >= 0.6 is 24.0 Å². The topological polar surface area (TPSA) is 78.7 Å². The maximum absolute atomic E-state index is 11.8. The Hall–Kier alpha value is -1.25. The number of rotatable bonds is 7. The third-order valence-electron chi connectivity index (χ3n) is 3.48. The first-order valence-electron chi connectivity index (χ1n) is 7.47. The van der Waals surface area contributed by atoms with E-state index in [0.29, 0.717) is 12.3 Å². The van der Waals surface area contributed by atoms with Gasteiger partial charge in [0.15, 0.2) is 11.7 Å². The normalized spacial score (nSPS) is 14.2. The molecule has 0 radical (unpaired) electrons. The molecular weight excluding hydrogens is 395 g/mol. The van der Waals surface area contributed by atoms with E-state index < -0.39 is 0 Å². The van der Waals surface area contributed by atoms with E-state index in [1.807, 2.05) is 6.92 Å². The average Bonchev–Trinajstić information content (AvgIpc) is 3.21. The molecular formula is C15H25IN4O2. The first-order valence-corrected chi connectivity index (χ1v) is 7.47. The summed E-state index contributed by atoms with van der Waals surface area (Å²) >= 11 is 0. The summed E-state index contributed by atoms with van der Waals surface area (Å²) < 4.78 is 5.14. The molecule has 3 N–H and O–H groups in total. The summed E-state index contributed by atoms with van der Waals surface area (Å²) in [6.07, 6.45) is 5.00. The molecule has 0 unspecified atom stereocenters. The minimum absolute atomic E-state index is 0. The van der Waals surface area contributed by atoms with Crippen molar-refractivity contribution in [1.82, 2.24) is 16.0 Å². The molecule has 1 aromatic heterocycles. The van der Waals surface area contributed by atoms with Crippen molar-refractivity contribution in [2.75, 3.05) is 26.7 Å². The van der Waals surface area contributed by atoms with Crippen molar-refractivity contribution in [3.05, 3.63) is 23.7 Å². The van der Waals surface area contributed by atoms with E-state index in [4.69, 9.17) is 4.42 Å². The summed E-state index contributed by atoms with van der Waals surface area (Å²) in [6, 6.07) is 1.78. The number of nitrogens with one attached hydrogen (secondary N) is 3. The fourth-order valence-electron chi connectivity index (χ4n) is 1.97. The number of hydrogen-bond acceptors (Lipinski definition) is 3. The lowest BCUT2D eigenvalue weighted by Gasteiger charge is -2.11. The Bertz CT molecular complexity index is 497. The lowest BCUT2D eigenvalue weighted by atomic mass is 10.2. The molecule has 1 saturated carbocycles. The summed E-state index contributed by atoms with van der Waals surface area (Å²) in [6.45, 7) is 4.22. The monoisotopic (exact) mass is 420 g/mol. The highest BCUT2D eigenvalue weighted by molar-refractivity contribution is 14.0. The first-order chi connectivity index (χ1) is 10.2. The minimum Gasteiger partial charge on any atom is -0.459 e. The smallest absolute Gasteiger partial charge is 0.287 e. The maximum Gasteiger partial charge on any atom is 0.287 e. The minimum atomic E-state index is -0.159. The van der Waals surface area contributed by atoms with Gasteiger partial charge in [-0.05, 0) is 38.2 Å². The summed E-state index contributed by atoms with van der Waals surface area (Å²) in [7, 11) is 1.77. The maximum atomic E-state index is 11.8. The number of furan rings is 1. The van der Waals surface area contributed by atoms with Crippen LogP contribution in [0.3, 0.4) is 0 Å². The van der Waals surface area contributed by atoms with Crippen LogP contribution in [0.2, 0.25) is 0 Å². The Morgan fingerprint density at radius 3 is 2.64 bits per heavy atom. The molecule has 1 amide bonds. The van der Waals surface area contributed by atoms with Gasteiger partial charge >= 0.3 is 0 Å². The Kier molecular flexibility index (Phi) is 8.29. The highest BCUT2D eigenvalue weighted by Gasteiger charge is 2.20. The van der Waals surface area contributed by atoms with Crippen molar-refractivity contribution in [3.63, 3.8) is 0 Å². The first kappa shape index (κ1) is 18.8. The van der Waals surface area contributed by atoms with Gasteiger partial charge in [0.1, 0.15) is 0 Å². The highest BCUT2D eigenvalue weighted by atomic mass is 127. The number of halogens is 1. The van der Waals surface area contributed by atoms with E-state index in [0.717, 1.165) is 37.0 Å². The molecule has 1 fully saturated rings. The molecule has 0 atom stereocenters. The third-order valence-corrected chi connectivity index (χ3v) is 3.48. The number of carbonyl (C=O) groups excluding carboxylic acids is 1. The zero-order chi connectivity index (χ0) is 15.1. The SMILES string of the molecule is CN=C(NCCCNC(=O)c1occc1C)NCC1CC1.I. The third kappa shape index (κ3) is 6.25. The Morgan fingerprint density at radius 1 is 1.32 bits per heavy atom. The molecule has 1 aliphatic carbocycles. The lowest BCUT2D eigenvalue weighted by Crippen LogP contribution is -2.39.